The predicted octanol–water partition coefficient (Wildman–Crippen LogP) is 1.30. The van der Waals surface area contributed by atoms with Crippen LogP contribution in [0.25, 0.3) is 0 Å². The van der Waals surface area contributed by atoms with E-state index in [1.807, 2.05) is 19.2 Å². The van der Waals surface area contributed by atoms with E-state index in [1.165, 1.54) is 5.56 Å². The lowest BCUT2D eigenvalue weighted by Gasteiger charge is -2.15. The second kappa shape index (κ2) is 5.34. The number of hydrazine groups is 1. The Morgan fingerprint density at radius 2 is 2.00 bits per heavy atom. The van der Waals surface area contributed by atoms with E-state index in [1.54, 1.807) is 0 Å². The van der Waals surface area contributed by atoms with Crippen LogP contribution in [0.2, 0.25) is 0 Å². The Morgan fingerprint density at radius 1 is 1.38 bits per heavy atom. The maximum atomic E-state index is 5.21. The Kier molecular flexibility index (Phi) is 4.38. The van der Waals surface area contributed by atoms with Gasteiger partial charge in [-0.05, 0) is 24.7 Å². The molecular weight excluding hydrogens is 230 g/mol. The summed E-state index contributed by atoms with van der Waals surface area (Å²) in [5.41, 5.74) is 3.89. The van der Waals surface area contributed by atoms with Crippen molar-refractivity contribution in [3.8, 4) is 0 Å². The smallest absolute Gasteiger partial charge is 0.0612 e. The van der Waals surface area contributed by atoms with Gasteiger partial charge in [-0.25, -0.2) is 5.43 Å². The number of nitrogens with two attached hydrogens (primary N) is 1. The van der Waals surface area contributed by atoms with Crippen molar-refractivity contribution in [2.24, 2.45) is 5.84 Å². The van der Waals surface area contributed by atoms with E-state index in [9.17, 15) is 0 Å². The molecule has 13 heavy (non-hydrogen) atoms. The van der Waals surface area contributed by atoms with Crippen LogP contribution in [0.5, 0.6) is 0 Å². The SMILES string of the molecule is CN(CNN)Cc1ccc(Br)cc1. The summed E-state index contributed by atoms with van der Waals surface area (Å²) in [5.74, 6) is 5.21. The predicted molar refractivity (Wildman–Crippen MR) is 57.8 cm³/mol. The largest absolute Gasteiger partial charge is 0.288 e. The average Bonchev–Trinajstić information content (AvgIpc) is 2.09. The molecule has 1 aromatic carbocycles. The highest BCUT2D eigenvalue weighted by atomic mass is 79.9. The average molecular weight is 244 g/mol. The van der Waals surface area contributed by atoms with Gasteiger partial charge in [-0.1, -0.05) is 28.1 Å². The number of halogens is 1. The Morgan fingerprint density at radius 3 is 2.54 bits per heavy atom. The molecule has 0 amide bonds. The molecule has 72 valence electrons. The van der Waals surface area contributed by atoms with Gasteiger partial charge in [0.2, 0.25) is 0 Å². The first-order chi connectivity index (χ1) is 6.22. The fourth-order valence-corrected chi connectivity index (χ4v) is 1.38. The molecule has 0 bridgehead atoms. The molecule has 1 aromatic rings. The van der Waals surface area contributed by atoms with Gasteiger partial charge in [-0.2, -0.15) is 0 Å². The number of benzene rings is 1. The van der Waals surface area contributed by atoms with Crippen molar-refractivity contribution in [1.82, 2.24) is 10.3 Å². The summed E-state index contributed by atoms with van der Waals surface area (Å²) < 4.78 is 1.11. The third kappa shape index (κ3) is 3.87. The van der Waals surface area contributed by atoms with Crippen LogP contribution < -0.4 is 11.3 Å². The van der Waals surface area contributed by atoms with Gasteiger partial charge in [0.1, 0.15) is 0 Å². The van der Waals surface area contributed by atoms with Gasteiger partial charge in [-0.3, -0.25) is 10.7 Å². The minimum Gasteiger partial charge on any atom is -0.288 e. The van der Waals surface area contributed by atoms with E-state index in [2.05, 4.69) is 38.4 Å². The Balaban J connectivity index is 2.49. The van der Waals surface area contributed by atoms with Crippen molar-refractivity contribution in [2.75, 3.05) is 13.7 Å². The lowest BCUT2D eigenvalue weighted by Crippen LogP contribution is -2.34. The van der Waals surface area contributed by atoms with Crippen molar-refractivity contribution >= 4 is 15.9 Å². The van der Waals surface area contributed by atoms with Crippen LogP contribution in [0.1, 0.15) is 5.56 Å². The second-order valence-corrected chi connectivity index (χ2v) is 3.92. The second-order valence-electron chi connectivity index (χ2n) is 3.00. The van der Waals surface area contributed by atoms with Crippen LogP contribution in [0.3, 0.4) is 0 Å². The molecule has 0 heterocycles. The summed E-state index contributed by atoms with van der Waals surface area (Å²) in [6.07, 6.45) is 0. The first-order valence-corrected chi connectivity index (χ1v) is 4.88. The number of nitrogens with zero attached hydrogens (tertiary/aromatic N) is 1. The first kappa shape index (κ1) is 10.7. The van der Waals surface area contributed by atoms with Crippen molar-refractivity contribution in [2.45, 2.75) is 6.54 Å². The summed E-state index contributed by atoms with van der Waals surface area (Å²) in [6.45, 7) is 1.59. The van der Waals surface area contributed by atoms with Crippen LogP contribution in [-0.2, 0) is 6.54 Å². The summed E-state index contributed by atoms with van der Waals surface area (Å²) in [5, 5.41) is 0. The maximum Gasteiger partial charge on any atom is 0.0612 e. The fourth-order valence-electron chi connectivity index (χ4n) is 1.11. The highest BCUT2D eigenvalue weighted by Crippen LogP contribution is 2.11. The minimum atomic E-state index is 0.691. The molecular formula is C9H14BrN3. The van der Waals surface area contributed by atoms with Crippen molar-refractivity contribution in [3.63, 3.8) is 0 Å². The summed E-state index contributed by atoms with van der Waals surface area (Å²) in [4.78, 5) is 2.10. The van der Waals surface area contributed by atoms with Gasteiger partial charge in [0.05, 0.1) is 6.67 Å². The van der Waals surface area contributed by atoms with Crippen LogP contribution >= 0.6 is 15.9 Å². The third-order valence-electron chi connectivity index (χ3n) is 1.73. The summed E-state index contributed by atoms with van der Waals surface area (Å²) in [7, 11) is 2.02. The normalized spacial score (nSPS) is 10.8. The number of hydrogen-bond donors (Lipinski definition) is 2. The van der Waals surface area contributed by atoms with E-state index in [0.29, 0.717) is 6.67 Å². The third-order valence-corrected chi connectivity index (χ3v) is 2.26. The molecule has 0 saturated heterocycles. The molecule has 0 unspecified atom stereocenters. The zero-order valence-electron chi connectivity index (χ0n) is 7.63. The molecule has 0 aliphatic heterocycles. The van der Waals surface area contributed by atoms with Gasteiger partial charge < -0.3 is 0 Å². The Bertz CT molecular complexity index is 248. The summed E-state index contributed by atoms with van der Waals surface area (Å²) >= 11 is 3.40. The quantitative estimate of drug-likeness (QED) is 0.476. The monoisotopic (exact) mass is 243 g/mol. The van der Waals surface area contributed by atoms with Crippen LogP contribution in [-0.4, -0.2) is 18.6 Å². The van der Waals surface area contributed by atoms with Crippen molar-refractivity contribution in [3.05, 3.63) is 34.3 Å². The van der Waals surface area contributed by atoms with E-state index < -0.39 is 0 Å². The minimum absolute atomic E-state index is 0.691. The van der Waals surface area contributed by atoms with Gasteiger partial charge in [0, 0.05) is 11.0 Å². The Hall–Kier alpha value is -0.420. The van der Waals surface area contributed by atoms with Crippen LogP contribution in [0.4, 0.5) is 0 Å². The number of rotatable bonds is 4. The van der Waals surface area contributed by atoms with E-state index in [4.69, 9.17) is 5.84 Å². The van der Waals surface area contributed by atoms with Crippen LogP contribution in [0.15, 0.2) is 28.7 Å². The molecule has 1 rings (SSSR count). The number of nitrogens with one attached hydrogen (secondary N) is 1. The van der Waals surface area contributed by atoms with E-state index >= 15 is 0 Å². The molecule has 0 aliphatic rings. The van der Waals surface area contributed by atoms with Crippen LogP contribution in [0, 0.1) is 0 Å². The highest BCUT2D eigenvalue weighted by Gasteiger charge is 1.97. The standard InChI is InChI=1S/C9H14BrN3/c1-13(7-12-11)6-8-2-4-9(10)5-3-8/h2-5,12H,6-7,11H2,1H3. The molecule has 0 aliphatic carbocycles. The molecule has 3 nitrogen and oxygen atoms in total. The van der Waals surface area contributed by atoms with Crippen molar-refractivity contribution in [1.29, 1.82) is 0 Å². The lowest BCUT2D eigenvalue weighted by molar-refractivity contribution is 0.301. The molecule has 0 aromatic heterocycles. The van der Waals surface area contributed by atoms with E-state index in [-0.39, 0.29) is 0 Å². The molecule has 0 spiro atoms. The topological polar surface area (TPSA) is 41.3 Å². The van der Waals surface area contributed by atoms with Crippen molar-refractivity contribution < 1.29 is 0 Å². The number of hydrogen-bond acceptors (Lipinski definition) is 3. The van der Waals surface area contributed by atoms with Gasteiger partial charge in [0.15, 0.2) is 0 Å². The molecule has 0 atom stereocenters. The van der Waals surface area contributed by atoms with Gasteiger partial charge >= 0.3 is 0 Å². The molecule has 0 fully saturated rings. The fraction of sp³-hybridized carbons (Fsp3) is 0.333. The molecule has 4 heteroatoms. The molecule has 3 N–H and O–H groups in total. The highest BCUT2D eigenvalue weighted by molar-refractivity contribution is 9.10. The van der Waals surface area contributed by atoms with Gasteiger partial charge in [0.25, 0.3) is 0 Å². The summed E-state index contributed by atoms with van der Waals surface area (Å²) in [6, 6.07) is 8.27. The maximum absolute atomic E-state index is 5.21. The van der Waals surface area contributed by atoms with E-state index in [0.717, 1.165) is 11.0 Å². The molecule has 0 radical (unpaired) electrons. The Labute approximate surface area is 87.0 Å². The van der Waals surface area contributed by atoms with Gasteiger partial charge in [-0.15, -0.1) is 0 Å². The zero-order chi connectivity index (χ0) is 9.68. The molecule has 0 saturated carbocycles. The lowest BCUT2D eigenvalue weighted by atomic mass is 10.2. The first-order valence-electron chi connectivity index (χ1n) is 4.09. The zero-order valence-corrected chi connectivity index (χ0v) is 9.21.